The number of halogens is 1. The number of hydrogen-bond acceptors (Lipinski definition) is 2. The largest absolute Gasteiger partial charge is 0.497 e. The summed E-state index contributed by atoms with van der Waals surface area (Å²) in [6, 6.07) is 13.5. The monoisotopic (exact) mass is 301 g/mol. The Kier molecular flexibility index (Phi) is 4.81. The molecule has 3 nitrogen and oxygen atoms in total. The molecule has 0 radical (unpaired) electrons. The molecule has 0 aliphatic heterocycles. The second kappa shape index (κ2) is 6.60. The summed E-state index contributed by atoms with van der Waals surface area (Å²) in [7, 11) is 1.58. The molecule has 4 heteroatoms. The van der Waals surface area contributed by atoms with Crippen LogP contribution in [0.5, 0.6) is 5.75 Å². The Bertz CT molecular complexity index is 650. The van der Waals surface area contributed by atoms with Gasteiger partial charge in [-0.25, -0.2) is 4.39 Å². The van der Waals surface area contributed by atoms with Crippen molar-refractivity contribution in [2.24, 2.45) is 0 Å². The molecule has 0 saturated heterocycles. The molecule has 0 aromatic heterocycles. The van der Waals surface area contributed by atoms with E-state index in [-0.39, 0.29) is 11.7 Å². The van der Waals surface area contributed by atoms with Crippen LogP contribution in [0.3, 0.4) is 0 Å². The van der Waals surface area contributed by atoms with Crippen molar-refractivity contribution in [2.45, 2.75) is 19.3 Å². The standard InChI is InChI=1S/C18H20FNO2/c1-18(2,15-6-4-5-7-16(15)19)12-20-17(21)13-8-10-14(22-3)11-9-13/h4-11H,12H2,1-3H3,(H,20,21). The maximum absolute atomic E-state index is 13.9. The van der Waals surface area contributed by atoms with Crippen molar-refractivity contribution in [3.8, 4) is 5.75 Å². The van der Waals surface area contributed by atoms with Crippen LogP contribution in [0, 0.1) is 5.82 Å². The minimum Gasteiger partial charge on any atom is -0.497 e. The molecule has 116 valence electrons. The first kappa shape index (κ1) is 16.0. The van der Waals surface area contributed by atoms with Crippen molar-refractivity contribution in [1.82, 2.24) is 5.32 Å². The fourth-order valence-electron chi connectivity index (χ4n) is 2.25. The Morgan fingerprint density at radius 2 is 1.77 bits per heavy atom. The van der Waals surface area contributed by atoms with E-state index in [1.54, 1.807) is 49.6 Å². The number of amides is 1. The molecule has 0 unspecified atom stereocenters. The quantitative estimate of drug-likeness (QED) is 0.917. The van der Waals surface area contributed by atoms with Crippen LogP contribution in [-0.4, -0.2) is 19.6 Å². The second-order valence-electron chi connectivity index (χ2n) is 5.77. The molecule has 0 fully saturated rings. The van der Waals surface area contributed by atoms with E-state index in [0.717, 1.165) is 0 Å². The van der Waals surface area contributed by atoms with Crippen molar-refractivity contribution in [3.63, 3.8) is 0 Å². The summed E-state index contributed by atoms with van der Waals surface area (Å²) in [5.74, 6) is 0.251. The zero-order valence-corrected chi connectivity index (χ0v) is 13.0. The first-order valence-corrected chi connectivity index (χ1v) is 7.11. The number of carbonyl (C=O) groups excluding carboxylic acids is 1. The first-order chi connectivity index (χ1) is 10.4. The van der Waals surface area contributed by atoms with Gasteiger partial charge in [0, 0.05) is 17.5 Å². The Labute approximate surface area is 130 Å². The number of ether oxygens (including phenoxy) is 1. The van der Waals surface area contributed by atoms with Crippen molar-refractivity contribution < 1.29 is 13.9 Å². The molecule has 0 saturated carbocycles. The average Bonchev–Trinajstić information content (AvgIpc) is 2.53. The minimum absolute atomic E-state index is 0.188. The summed E-state index contributed by atoms with van der Waals surface area (Å²) in [5.41, 5.74) is 0.642. The Morgan fingerprint density at radius 3 is 2.36 bits per heavy atom. The summed E-state index contributed by atoms with van der Waals surface area (Å²) in [5, 5.41) is 2.86. The van der Waals surface area contributed by atoms with Gasteiger partial charge in [-0.3, -0.25) is 4.79 Å². The van der Waals surface area contributed by atoms with Gasteiger partial charge in [0.2, 0.25) is 0 Å². The summed E-state index contributed by atoms with van der Waals surface area (Å²) < 4.78 is 19.0. The van der Waals surface area contributed by atoms with Gasteiger partial charge in [0.05, 0.1) is 7.11 Å². The fourth-order valence-corrected chi connectivity index (χ4v) is 2.25. The molecule has 0 aliphatic carbocycles. The molecule has 0 atom stereocenters. The van der Waals surface area contributed by atoms with Crippen molar-refractivity contribution >= 4 is 5.91 Å². The van der Waals surface area contributed by atoms with Crippen LogP contribution in [0.1, 0.15) is 29.8 Å². The normalized spacial score (nSPS) is 11.1. The van der Waals surface area contributed by atoms with E-state index in [0.29, 0.717) is 23.4 Å². The summed E-state index contributed by atoms with van der Waals surface area (Å²) in [4.78, 5) is 12.2. The van der Waals surface area contributed by atoms with Gasteiger partial charge in [0.15, 0.2) is 0 Å². The third-order valence-corrected chi connectivity index (χ3v) is 3.65. The van der Waals surface area contributed by atoms with Crippen molar-refractivity contribution in [1.29, 1.82) is 0 Å². The highest BCUT2D eigenvalue weighted by Gasteiger charge is 2.24. The van der Waals surface area contributed by atoms with E-state index in [4.69, 9.17) is 4.74 Å². The molecule has 2 aromatic rings. The lowest BCUT2D eigenvalue weighted by Gasteiger charge is -2.26. The third kappa shape index (κ3) is 3.64. The van der Waals surface area contributed by atoms with Gasteiger partial charge in [-0.05, 0) is 35.9 Å². The minimum atomic E-state index is -0.493. The Morgan fingerprint density at radius 1 is 1.14 bits per heavy atom. The summed E-state index contributed by atoms with van der Waals surface area (Å²) >= 11 is 0. The highest BCUT2D eigenvalue weighted by Crippen LogP contribution is 2.25. The lowest BCUT2D eigenvalue weighted by Crippen LogP contribution is -2.37. The van der Waals surface area contributed by atoms with Gasteiger partial charge in [-0.1, -0.05) is 32.0 Å². The molecule has 0 heterocycles. The first-order valence-electron chi connectivity index (χ1n) is 7.11. The van der Waals surface area contributed by atoms with Crippen LogP contribution in [0.25, 0.3) is 0 Å². The van der Waals surface area contributed by atoms with Crippen LogP contribution in [-0.2, 0) is 5.41 Å². The van der Waals surface area contributed by atoms with E-state index in [2.05, 4.69) is 5.32 Å². The number of carbonyl (C=O) groups is 1. The van der Waals surface area contributed by atoms with Crippen LogP contribution in [0.15, 0.2) is 48.5 Å². The molecule has 2 aromatic carbocycles. The zero-order valence-electron chi connectivity index (χ0n) is 13.0. The predicted octanol–water partition coefficient (Wildman–Crippen LogP) is 3.54. The van der Waals surface area contributed by atoms with Gasteiger partial charge in [0.1, 0.15) is 11.6 Å². The van der Waals surface area contributed by atoms with Crippen molar-refractivity contribution in [3.05, 3.63) is 65.5 Å². The van der Waals surface area contributed by atoms with Crippen LogP contribution < -0.4 is 10.1 Å². The van der Waals surface area contributed by atoms with Crippen molar-refractivity contribution in [2.75, 3.05) is 13.7 Å². The molecule has 2 rings (SSSR count). The molecular weight excluding hydrogens is 281 g/mol. The highest BCUT2D eigenvalue weighted by molar-refractivity contribution is 5.94. The number of benzene rings is 2. The third-order valence-electron chi connectivity index (χ3n) is 3.65. The SMILES string of the molecule is COc1ccc(C(=O)NCC(C)(C)c2ccccc2F)cc1. The van der Waals surface area contributed by atoms with Gasteiger partial charge >= 0.3 is 0 Å². The lowest BCUT2D eigenvalue weighted by atomic mass is 9.84. The van der Waals surface area contributed by atoms with E-state index in [9.17, 15) is 9.18 Å². The number of hydrogen-bond donors (Lipinski definition) is 1. The summed E-state index contributed by atoms with van der Waals surface area (Å²) in [6.45, 7) is 4.15. The maximum atomic E-state index is 13.9. The molecular formula is C18H20FNO2. The number of nitrogens with one attached hydrogen (secondary N) is 1. The topological polar surface area (TPSA) is 38.3 Å². The average molecular weight is 301 g/mol. The number of rotatable bonds is 5. The smallest absolute Gasteiger partial charge is 0.251 e. The van der Waals surface area contributed by atoms with Crippen LogP contribution >= 0.6 is 0 Å². The number of methoxy groups -OCH3 is 1. The van der Waals surface area contributed by atoms with Crippen LogP contribution in [0.2, 0.25) is 0 Å². The zero-order chi connectivity index (χ0) is 16.2. The van der Waals surface area contributed by atoms with Crippen LogP contribution in [0.4, 0.5) is 4.39 Å². The van der Waals surface area contributed by atoms with E-state index >= 15 is 0 Å². The van der Waals surface area contributed by atoms with Gasteiger partial charge < -0.3 is 10.1 Å². The highest BCUT2D eigenvalue weighted by atomic mass is 19.1. The van der Waals surface area contributed by atoms with E-state index in [1.165, 1.54) is 6.07 Å². The lowest BCUT2D eigenvalue weighted by molar-refractivity contribution is 0.0945. The van der Waals surface area contributed by atoms with E-state index in [1.807, 2.05) is 13.8 Å². The molecule has 1 N–H and O–H groups in total. The van der Waals surface area contributed by atoms with Gasteiger partial charge in [-0.2, -0.15) is 0 Å². The molecule has 1 amide bonds. The van der Waals surface area contributed by atoms with Gasteiger partial charge in [0.25, 0.3) is 5.91 Å². The molecule has 22 heavy (non-hydrogen) atoms. The summed E-state index contributed by atoms with van der Waals surface area (Å²) in [6.07, 6.45) is 0. The maximum Gasteiger partial charge on any atom is 0.251 e. The predicted molar refractivity (Wildman–Crippen MR) is 84.8 cm³/mol. The molecule has 0 bridgehead atoms. The molecule has 0 spiro atoms. The molecule has 0 aliphatic rings. The second-order valence-corrected chi connectivity index (χ2v) is 5.77. The fraction of sp³-hybridized carbons (Fsp3) is 0.278. The Balaban J connectivity index is 2.04. The van der Waals surface area contributed by atoms with Gasteiger partial charge in [-0.15, -0.1) is 0 Å². The Hall–Kier alpha value is -2.36. The van der Waals surface area contributed by atoms with E-state index < -0.39 is 5.41 Å².